The van der Waals surface area contributed by atoms with Crippen LogP contribution in [0.5, 0.6) is 0 Å². The quantitative estimate of drug-likeness (QED) is 0.430. The molecule has 0 fully saturated rings. The van der Waals surface area contributed by atoms with Crippen molar-refractivity contribution in [2.45, 2.75) is 14.9 Å². The molecule has 0 radical (unpaired) electrons. The lowest BCUT2D eigenvalue weighted by Gasteiger charge is -2.27. The molecule has 6 nitrogen and oxygen atoms in total. The first-order valence-corrected chi connectivity index (χ1v) is 10.5. The van der Waals surface area contributed by atoms with E-state index in [1.165, 1.54) is 24.3 Å². The van der Waals surface area contributed by atoms with Crippen LogP contribution in [-0.4, -0.2) is 24.3 Å². The van der Waals surface area contributed by atoms with Gasteiger partial charge < -0.3 is 10.6 Å². The van der Waals surface area contributed by atoms with Crippen molar-refractivity contribution in [1.29, 1.82) is 0 Å². The lowest BCUT2D eigenvalue weighted by atomic mass is 10.2. The van der Waals surface area contributed by atoms with E-state index in [0.717, 1.165) is 4.47 Å². The van der Waals surface area contributed by atoms with Crippen molar-refractivity contribution in [2.75, 3.05) is 5.32 Å². The van der Waals surface area contributed by atoms with Gasteiger partial charge in [-0.2, -0.15) is 0 Å². The zero-order chi connectivity index (χ0) is 19.5. The highest BCUT2D eigenvalue weighted by atomic mass is 79.9. The van der Waals surface area contributed by atoms with E-state index in [4.69, 9.17) is 39.9 Å². The predicted octanol–water partition coefficient (Wildman–Crippen LogP) is 3.63. The monoisotopic (exact) mass is 499 g/mol. The minimum Gasteiger partial charge on any atom is -0.362 e. The van der Waals surface area contributed by atoms with E-state index in [0.29, 0.717) is 11.3 Å². The smallest absolute Gasteiger partial charge is 0.252 e. The summed E-state index contributed by atoms with van der Waals surface area (Å²) in [7, 11) is -3.81. The largest absolute Gasteiger partial charge is 0.362 e. The van der Waals surface area contributed by atoms with E-state index in [2.05, 4.69) is 26.6 Å². The van der Waals surface area contributed by atoms with Crippen molar-refractivity contribution >= 4 is 72.4 Å². The molecule has 11 heteroatoms. The van der Waals surface area contributed by atoms with E-state index in [1.54, 1.807) is 24.3 Å². The number of hydrogen-bond acceptors (Lipinski definition) is 4. The third-order valence-corrected chi connectivity index (χ3v) is 5.32. The van der Waals surface area contributed by atoms with Gasteiger partial charge in [-0.25, -0.2) is 13.6 Å². The van der Waals surface area contributed by atoms with Crippen LogP contribution in [0.2, 0.25) is 0 Å². The lowest BCUT2D eigenvalue weighted by molar-refractivity contribution is 0.0942. The third kappa shape index (κ3) is 6.00. The summed E-state index contributed by atoms with van der Waals surface area (Å²) in [6, 6.07) is 12.1. The molecule has 0 bridgehead atoms. The molecule has 0 spiro atoms. The first-order chi connectivity index (χ1) is 12.0. The van der Waals surface area contributed by atoms with Crippen LogP contribution < -0.4 is 15.8 Å². The minimum atomic E-state index is -3.81. The summed E-state index contributed by atoms with van der Waals surface area (Å²) < 4.78 is 21.5. The topological polar surface area (TPSA) is 101 Å². The van der Waals surface area contributed by atoms with E-state index in [1.807, 2.05) is 0 Å². The summed E-state index contributed by atoms with van der Waals surface area (Å²) in [5, 5.41) is 10.5. The fraction of sp³-hybridized carbons (Fsp3) is 0.133. The summed E-state index contributed by atoms with van der Waals surface area (Å²) in [5.41, 5.74) is 0.795. The van der Waals surface area contributed by atoms with Crippen molar-refractivity contribution in [2.24, 2.45) is 5.14 Å². The van der Waals surface area contributed by atoms with Crippen molar-refractivity contribution < 1.29 is 13.2 Å². The number of nitrogens with one attached hydrogen (secondary N) is 2. The summed E-state index contributed by atoms with van der Waals surface area (Å²) in [5.74, 6) is -0.456. The Hall–Kier alpha value is -1.03. The van der Waals surface area contributed by atoms with Gasteiger partial charge >= 0.3 is 0 Å². The number of anilines is 1. The van der Waals surface area contributed by atoms with Gasteiger partial charge in [0.25, 0.3) is 5.91 Å². The zero-order valence-electron chi connectivity index (χ0n) is 12.9. The van der Waals surface area contributed by atoms with Crippen LogP contribution in [0.4, 0.5) is 5.69 Å². The molecule has 0 aliphatic heterocycles. The second kappa shape index (κ2) is 8.33. The summed E-state index contributed by atoms with van der Waals surface area (Å²) in [6.07, 6.45) is -1.08. The van der Waals surface area contributed by atoms with Gasteiger partial charge in [0, 0.05) is 15.7 Å². The van der Waals surface area contributed by atoms with Gasteiger partial charge in [-0.1, -0.05) is 50.7 Å². The van der Waals surface area contributed by atoms with Crippen molar-refractivity contribution in [3.63, 3.8) is 0 Å². The number of nitrogens with two attached hydrogens (primary N) is 1. The van der Waals surface area contributed by atoms with Gasteiger partial charge in [-0.15, -0.1) is 0 Å². The van der Waals surface area contributed by atoms with Crippen molar-refractivity contribution in [3.05, 3.63) is 58.6 Å². The van der Waals surface area contributed by atoms with Gasteiger partial charge in [0.05, 0.1) is 4.90 Å². The SMILES string of the molecule is NS(=O)(=O)c1ccc(N[C@H](NC(=O)c2ccc(Br)cc2)C(Cl)(Cl)Cl)cc1. The number of alkyl halides is 3. The number of rotatable bonds is 5. The molecule has 2 aromatic carbocycles. The number of carbonyl (C=O) groups excluding carboxylic acids is 1. The standard InChI is InChI=1S/C15H13BrCl3N3O3S/c16-10-3-1-9(2-4-10)13(23)22-14(15(17,18)19)21-11-5-7-12(8-6-11)26(20,24)25/h1-8,14,21H,(H,22,23)(H2,20,24,25)/t14-/m1/s1. The van der Waals surface area contributed by atoms with Crippen LogP contribution in [0.25, 0.3) is 0 Å². The Bertz CT molecular complexity index is 885. The Morgan fingerprint density at radius 2 is 1.58 bits per heavy atom. The van der Waals surface area contributed by atoms with E-state index >= 15 is 0 Å². The molecule has 0 heterocycles. The molecule has 26 heavy (non-hydrogen) atoms. The van der Waals surface area contributed by atoms with Crippen molar-refractivity contribution in [3.8, 4) is 0 Å². The highest BCUT2D eigenvalue weighted by molar-refractivity contribution is 9.10. The molecular formula is C15H13BrCl3N3O3S. The molecule has 1 atom stereocenters. The minimum absolute atomic E-state index is 0.0626. The summed E-state index contributed by atoms with van der Waals surface area (Å²) >= 11 is 21.1. The Balaban J connectivity index is 2.17. The van der Waals surface area contributed by atoms with E-state index < -0.39 is 25.9 Å². The molecule has 2 aromatic rings. The molecule has 0 aliphatic carbocycles. The third-order valence-electron chi connectivity index (χ3n) is 3.20. The van der Waals surface area contributed by atoms with Crippen LogP contribution >= 0.6 is 50.7 Å². The molecular weight excluding hydrogens is 489 g/mol. The number of primary sulfonamides is 1. The van der Waals surface area contributed by atoms with Gasteiger partial charge in [0.1, 0.15) is 6.17 Å². The van der Waals surface area contributed by atoms with Gasteiger partial charge in [0.15, 0.2) is 0 Å². The second-order valence-electron chi connectivity index (χ2n) is 5.17. The maximum Gasteiger partial charge on any atom is 0.252 e. The molecule has 0 aromatic heterocycles. The number of carbonyl (C=O) groups is 1. The molecule has 0 aliphatic rings. The number of benzene rings is 2. The highest BCUT2D eigenvalue weighted by Gasteiger charge is 2.34. The number of amides is 1. The molecule has 0 saturated heterocycles. The number of hydrogen-bond donors (Lipinski definition) is 3. The van der Waals surface area contributed by atoms with Gasteiger partial charge in [-0.3, -0.25) is 4.79 Å². The molecule has 0 saturated carbocycles. The Morgan fingerprint density at radius 3 is 2.04 bits per heavy atom. The van der Waals surface area contributed by atoms with E-state index in [9.17, 15) is 13.2 Å². The molecule has 2 rings (SSSR count). The zero-order valence-corrected chi connectivity index (χ0v) is 17.6. The van der Waals surface area contributed by atoms with Gasteiger partial charge in [0.2, 0.25) is 13.8 Å². The Kier molecular flexibility index (Phi) is 6.81. The lowest BCUT2D eigenvalue weighted by Crippen LogP contribution is -2.49. The Labute approximate surface area is 174 Å². The first-order valence-electron chi connectivity index (χ1n) is 6.99. The van der Waals surface area contributed by atoms with E-state index in [-0.39, 0.29) is 4.90 Å². The normalized spacial score (nSPS) is 13.1. The van der Waals surface area contributed by atoms with Crippen LogP contribution in [0.3, 0.4) is 0 Å². The van der Waals surface area contributed by atoms with Crippen LogP contribution in [0.1, 0.15) is 10.4 Å². The molecule has 0 unspecified atom stereocenters. The van der Waals surface area contributed by atoms with Crippen LogP contribution in [0.15, 0.2) is 57.9 Å². The molecule has 4 N–H and O–H groups in total. The average molecular weight is 502 g/mol. The average Bonchev–Trinajstić information content (AvgIpc) is 2.53. The number of sulfonamides is 1. The first kappa shape index (κ1) is 21.3. The van der Waals surface area contributed by atoms with Crippen LogP contribution in [0, 0.1) is 0 Å². The number of halogens is 4. The fourth-order valence-corrected chi connectivity index (χ4v) is 3.03. The van der Waals surface area contributed by atoms with Crippen molar-refractivity contribution in [1.82, 2.24) is 5.32 Å². The summed E-state index contributed by atoms with van der Waals surface area (Å²) in [4.78, 5) is 12.3. The summed E-state index contributed by atoms with van der Waals surface area (Å²) in [6.45, 7) is 0. The molecule has 1 amide bonds. The predicted molar refractivity (Wildman–Crippen MR) is 107 cm³/mol. The molecule has 140 valence electrons. The fourth-order valence-electron chi connectivity index (χ4n) is 1.92. The maximum absolute atomic E-state index is 12.4. The van der Waals surface area contributed by atoms with Gasteiger partial charge in [-0.05, 0) is 48.5 Å². The van der Waals surface area contributed by atoms with Crippen LogP contribution in [-0.2, 0) is 10.0 Å². The second-order valence-corrected chi connectivity index (χ2v) is 10.0. The Morgan fingerprint density at radius 1 is 1.04 bits per heavy atom. The highest BCUT2D eigenvalue weighted by Crippen LogP contribution is 2.31. The maximum atomic E-state index is 12.4.